The molecule has 0 saturated carbocycles. The average molecular weight is 289 g/mol. The summed E-state index contributed by atoms with van der Waals surface area (Å²) < 4.78 is 21.5. The molecule has 2 heterocycles. The van der Waals surface area contributed by atoms with Gasteiger partial charge in [-0.15, -0.1) is 0 Å². The van der Waals surface area contributed by atoms with Crippen LogP contribution in [0.15, 0.2) is 30.5 Å². The fraction of sp³-hybridized carbons (Fsp3) is 0.267. The molecule has 3 rings (SSSR count). The summed E-state index contributed by atoms with van der Waals surface area (Å²) >= 11 is 0. The molecule has 0 fully saturated rings. The normalized spacial score (nSPS) is 12.3. The Labute approximate surface area is 121 Å². The van der Waals surface area contributed by atoms with Crippen molar-refractivity contribution in [1.82, 2.24) is 4.98 Å². The minimum absolute atomic E-state index is 0.143. The number of methoxy groups -OCH3 is 1. The maximum atomic E-state index is 9.43. The number of hydrogen-bond donors (Lipinski definition) is 1. The maximum absolute atomic E-state index is 9.43. The van der Waals surface area contributed by atoms with Gasteiger partial charge in [-0.2, -0.15) is 0 Å². The minimum atomic E-state index is -0.143. The molecule has 1 aliphatic heterocycles. The molecule has 0 spiro atoms. The molecule has 1 aromatic heterocycles. The first-order valence-electron chi connectivity index (χ1n) is 6.46. The highest BCUT2D eigenvalue weighted by molar-refractivity contribution is 5.51. The van der Waals surface area contributed by atoms with Crippen LogP contribution in [0.25, 0.3) is 0 Å². The summed E-state index contributed by atoms with van der Waals surface area (Å²) in [5, 5.41) is 9.43. The van der Waals surface area contributed by atoms with Crippen LogP contribution in [0.3, 0.4) is 0 Å². The van der Waals surface area contributed by atoms with Crippen LogP contribution in [0.4, 0.5) is 0 Å². The quantitative estimate of drug-likeness (QED) is 0.906. The summed E-state index contributed by atoms with van der Waals surface area (Å²) in [6.45, 7) is 0.319. The molecule has 110 valence electrons. The first-order valence-corrected chi connectivity index (χ1v) is 6.46. The number of hydrogen-bond acceptors (Lipinski definition) is 6. The second-order valence-electron chi connectivity index (χ2n) is 4.43. The molecule has 1 N–H and O–H groups in total. The van der Waals surface area contributed by atoms with Crippen molar-refractivity contribution >= 4 is 0 Å². The second-order valence-corrected chi connectivity index (χ2v) is 4.43. The van der Waals surface area contributed by atoms with Crippen LogP contribution >= 0.6 is 0 Å². The highest BCUT2D eigenvalue weighted by atomic mass is 16.7. The summed E-state index contributed by atoms with van der Waals surface area (Å²) in [5.41, 5.74) is 1.46. The molecular formula is C15H15NO5. The number of aliphatic hydroxyl groups is 1. The number of pyridine rings is 1. The van der Waals surface area contributed by atoms with Crippen LogP contribution in [0.5, 0.6) is 23.1 Å². The summed E-state index contributed by atoms with van der Waals surface area (Å²) in [6, 6.07) is 7.13. The number of aromatic nitrogens is 1. The van der Waals surface area contributed by atoms with Gasteiger partial charge in [0.05, 0.1) is 19.3 Å². The van der Waals surface area contributed by atoms with Gasteiger partial charge >= 0.3 is 0 Å². The van der Waals surface area contributed by atoms with E-state index in [1.807, 2.05) is 12.1 Å². The van der Waals surface area contributed by atoms with Crippen LogP contribution < -0.4 is 18.9 Å². The molecule has 2 aromatic rings. The predicted molar refractivity (Wildman–Crippen MR) is 73.6 cm³/mol. The van der Waals surface area contributed by atoms with Gasteiger partial charge in [0.25, 0.3) is 0 Å². The number of ether oxygens (including phenoxy) is 4. The Hall–Kier alpha value is -2.47. The van der Waals surface area contributed by atoms with E-state index < -0.39 is 0 Å². The van der Waals surface area contributed by atoms with Gasteiger partial charge in [-0.3, -0.25) is 0 Å². The van der Waals surface area contributed by atoms with E-state index in [1.54, 1.807) is 25.4 Å². The van der Waals surface area contributed by atoms with Crippen LogP contribution in [0.2, 0.25) is 0 Å². The van der Waals surface area contributed by atoms with Crippen LogP contribution in [-0.4, -0.2) is 24.0 Å². The van der Waals surface area contributed by atoms with E-state index in [0.29, 0.717) is 28.7 Å². The van der Waals surface area contributed by atoms with Crippen LogP contribution in [-0.2, 0) is 13.2 Å². The molecule has 0 saturated heterocycles. The van der Waals surface area contributed by atoms with Gasteiger partial charge in [-0.05, 0) is 18.2 Å². The summed E-state index contributed by atoms with van der Waals surface area (Å²) in [6.07, 6.45) is 1.65. The van der Waals surface area contributed by atoms with Crippen molar-refractivity contribution in [3.8, 4) is 23.1 Å². The molecule has 0 atom stereocenters. The van der Waals surface area contributed by atoms with Crippen molar-refractivity contribution in [2.45, 2.75) is 13.2 Å². The van der Waals surface area contributed by atoms with Gasteiger partial charge in [-0.1, -0.05) is 0 Å². The van der Waals surface area contributed by atoms with Crippen molar-refractivity contribution < 1.29 is 24.1 Å². The zero-order valence-electron chi connectivity index (χ0n) is 11.5. The van der Waals surface area contributed by atoms with Crippen molar-refractivity contribution in [1.29, 1.82) is 0 Å². The first-order chi connectivity index (χ1) is 10.3. The monoisotopic (exact) mass is 289 g/mol. The lowest BCUT2D eigenvalue weighted by molar-refractivity contribution is 0.173. The zero-order valence-corrected chi connectivity index (χ0v) is 11.5. The molecular weight excluding hydrogens is 274 g/mol. The fourth-order valence-electron chi connectivity index (χ4n) is 2.10. The Bertz CT molecular complexity index is 644. The van der Waals surface area contributed by atoms with Crippen molar-refractivity contribution in [3.63, 3.8) is 0 Å². The van der Waals surface area contributed by atoms with Gasteiger partial charge in [0.1, 0.15) is 12.4 Å². The molecule has 0 bridgehead atoms. The Morgan fingerprint density at radius 3 is 2.81 bits per heavy atom. The van der Waals surface area contributed by atoms with Crippen molar-refractivity contribution in [2.24, 2.45) is 0 Å². The lowest BCUT2D eigenvalue weighted by Gasteiger charge is -2.12. The largest absolute Gasteiger partial charge is 0.488 e. The van der Waals surface area contributed by atoms with Gasteiger partial charge in [0.2, 0.25) is 12.7 Å². The summed E-state index contributed by atoms with van der Waals surface area (Å²) in [4.78, 5) is 4.11. The molecule has 0 aliphatic carbocycles. The third-order valence-corrected chi connectivity index (χ3v) is 3.15. The third kappa shape index (κ3) is 2.71. The van der Waals surface area contributed by atoms with Crippen molar-refractivity contribution in [2.75, 3.05) is 13.9 Å². The number of benzene rings is 1. The third-order valence-electron chi connectivity index (χ3n) is 3.15. The molecule has 6 nitrogen and oxygen atoms in total. The Morgan fingerprint density at radius 2 is 2.05 bits per heavy atom. The Balaban J connectivity index is 1.81. The number of nitrogens with zero attached hydrogens (tertiary/aromatic N) is 1. The highest BCUT2D eigenvalue weighted by Gasteiger charge is 2.18. The first kappa shape index (κ1) is 13.5. The zero-order chi connectivity index (χ0) is 14.7. The second kappa shape index (κ2) is 5.88. The molecule has 1 aliphatic rings. The summed E-state index contributed by atoms with van der Waals surface area (Å²) in [5.74, 6) is 2.29. The average Bonchev–Trinajstić information content (AvgIpc) is 2.99. The fourth-order valence-corrected chi connectivity index (χ4v) is 2.10. The van der Waals surface area contributed by atoms with Crippen LogP contribution in [0, 0.1) is 0 Å². The van der Waals surface area contributed by atoms with E-state index in [0.717, 1.165) is 5.56 Å². The molecule has 0 radical (unpaired) electrons. The maximum Gasteiger partial charge on any atom is 0.231 e. The Kier molecular flexibility index (Phi) is 3.79. The molecule has 6 heteroatoms. The number of aliphatic hydroxyl groups excluding tert-OH is 1. The van der Waals surface area contributed by atoms with E-state index in [4.69, 9.17) is 18.9 Å². The minimum Gasteiger partial charge on any atom is -0.488 e. The lowest BCUT2D eigenvalue weighted by atomic mass is 10.2. The van der Waals surface area contributed by atoms with E-state index in [-0.39, 0.29) is 20.0 Å². The van der Waals surface area contributed by atoms with E-state index >= 15 is 0 Å². The van der Waals surface area contributed by atoms with E-state index in [9.17, 15) is 5.11 Å². The standard InChI is InChI=1S/C15H15NO5/c1-18-15-10(3-2-4-16-15)8-19-12-6-14-13(20-9-21-14)5-11(12)7-17/h2-6,17H,7-9H2,1H3. The van der Waals surface area contributed by atoms with Crippen molar-refractivity contribution in [3.05, 3.63) is 41.6 Å². The smallest absolute Gasteiger partial charge is 0.231 e. The molecule has 1 aromatic carbocycles. The highest BCUT2D eigenvalue weighted by Crippen LogP contribution is 2.38. The SMILES string of the molecule is COc1ncccc1COc1cc2c(cc1CO)OCO2. The van der Waals surface area contributed by atoms with Gasteiger partial charge in [0.15, 0.2) is 11.5 Å². The molecule has 21 heavy (non-hydrogen) atoms. The van der Waals surface area contributed by atoms with Gasteiger partial charge in [-0.25, -0.2) is 4.98 Å². The van der Waals surface area contributed by atoms with Gasteiger partial charge in [0, 0.05) is 17.8 Å². The molecule has 0 amide bonds. The number of fused-ring (bicyclic) bond motifs is 1. The number of rotatable bonds is 5. The van der Waals surface area contributed by atoms with Crippen LogP contribution in [0.1, 0.15) is 11.1 Å². The molecule has 0 unspecified atom stereocenters. The van der Waals surface area contributed by atoms with Gasteiger partial charge < -0.3 is 24.1 Å². The summed E-state index contributed by atoms with van der Waals surface area (Å²) in [7, 11) is 1.56. The Morgan fingerprint density at radius 1 is 1.24 bits per heavy atom. The van der Waals surface area contributed by atoms with E-state index in [2.05, 4.69) is 4.98 Å². The lowest BCUT2D eigenvalue weighted by Crippen LogP contribution is -2.02. The topological polar surface area (TPSA) is 70.0 Å². The predicted octanol–water partition coefficient (Wildman–Crippen LogP) is 1.89. The van der Waals surface area contributed by atoms with E-state index in [1.165, 1.54) is 0 Å².